The Kier molecular flexibility index (Phi) is 4.66. The van der Waals surface area contributed by atoms with Gasteiger partial charge in [-0.2, -0.15) is 0 Å². The molecule has 0 spiro atoms. The Balaban J connectivity index is 2.74. The lowest BCUT2D eigenvalue weighted by Crippen LogP contribution is -2.47. The standard InChI is InChI=1S/C12H22N6O/c1-7(11(19)17-12(3,4)5)14-9-6-10(18-13)16-8(2)15-9/h6-7H,13H2,1-5H3,(H,17,19)(H2,14,15,16,18). The van der Waals surface area contributed by atoms with Crippen molar-refractivity contribution >= 4 is 17.5 Å². The van der Waals surface area contributed by atoms with Gasteiger partial charge in [0.15, 0.2) is 0 Å². The number of hydrazine groups is 1. The van der Waals surface area contributed by atoms with Crippen molar-refractivity contribution in [1.29, 1.82) is 0 Å². The quantitative estimate of drug-likeness (QED) is 0.474. The highest BCUT2D eigenvalue weighted by atomic mass is 16.2. The Morgan fingerprint density at radius 1 is 1.32 bits per heavy atom. The molecule has 19 heavy (non-hydrogen) atoms. The zero-order valence-corrected chi connectivity index (χ0v) is 12.0. The molecule has 0 saturated carbocycles. The smallest absolute Gasteiger partial charge is 0.242 e. The molecule has 1 rings (SSSR count). The van der Waals surface area contributed by atoms with Crippen LogP contribution in [0.1, 0.15) is 33.5 Å². The number of rotatable bonds is 4. The van der Waals surface area contributed by atoms with Crippen molar-refractivity contribution < 1.29 is 4.79 Å². The van der Waals surface area contributed by atoms with E-state index in [-0.39, 0.29) is 11.4 Å². The molecule has 0 aromatic carbocycles. The third-order valence-electron chi connectivity index (χ3n) is 2.24. The van der Waals surface area contributed by atoms with Crippen LogP contribution in [-0.4, -0.2) is 27.5 Å². The Bertz CT molecular complexity index is 454. The molecular formula is C12H22N6O. The van der Waals surface area contributed by atoms with E-state index in [0.717, 1.165) is 0 Å². The van der Waals surface area contributed by atoms with Crippen LogP contribution in [0.15, 0.2) is 6.07 Å². The summed E-state index contributed by atoms with van der Waals surface area (Å²) < 4.78 is 0. The third-order valence-corrected chi connectivity index (χ3v) is 2.24. The summed E-state index contributed by atoms with van der Waals surface area (Å²) in [5.41, 5.74) is 2.19. The summed E-state index contributed by atoms with van der Waals surface area (Å²) >= 11 is 0. The van der Waals surface area contributed by atoms with Crippen LogP contribution in [0.2, 0.25) is 0 Å². The van der Waals surface area contributed by atoms with Gasteiger partial charge >= 0.3 is 0 Å². The highest BCUT2D eigenvalue weighted by Crippen LogP contribution is 2.11. The largest absolute Gasteiger partial charge is 0.358 e. The lowest BCUT2D eigenvalue weighted by atomic mass is 10.1. The summed E-state index contributed by atoms with van der Waals surface area (Å²) in [5.74, 6) is 6.84. The molecule has 1 aromatic rings. The molecule has 5 N–H and O–H groups in total. The molecule has 7 nitrogen and oxygen atoms in total. The topological polar surface area (TPSA) is 105 Å². The van der Waals surface area contributed by atoms with Crippen LogP contribution in [0.25, 0.3) is 0 Å². The normalized spacial score (nSPS) is 12.7. The van der Waals surface area contributed by atoms with Crippen molar-refractivity contribution in [2.24, 2.45) is 5.84 Å². The van der Waals surface area contributed by atoms with E-state index in [1.807, 2.05) is 20.8 Å². The number of nitrogen functional groups attached to an aromatic ring is 1. The van der Waals surface area contributed by atoms with Crippen LogP contribution in [0.4, 0.5) is 11.6 Å². The lowest BCUT2D eigenvalue weighted by Gasteiger charge is -2.24. The van der Waals surface area contributed by atoms with Crippen molar-refractivity contribution in [3.05, 3.63) is 11.9 Å². The summed E-state index contributed by atoms with van der Waals surface area (Å²) in [6, 6.07) is 1.24. The first-order valence-electron chi connectivity index (χ1n) is 6.12. The fraction of sp³-hybridized carbons (Fsp3) is 0.583. The second kappa shape index (κ2) is 5.83. The number of aromatic nitrogens is 2. The highest BCUT2D eigenvalue weighted by molar-refractivity contribution is 5.84. The monoisotopic (exact) mass is 266 g/mol. The van der Waals surface area contributed by atoms with Crippen molar-refractivity contribution in [2.45, 2.75) is 46.2 Å². The maximum atomic E-state index is 11.9. The number of nitrogens with zero attached hydrogens (tertiary/aromatic N) is 2. The molecule has 1 unspecified atom stereocenters. The molecule has 0 bridgehead atoms. The van der Waals surface area contributed by atoms with E-state index in [1.54, 1.807) is 19.9 Å². The van der Waals surface area contributed by atoms with Crippen LogP contribution < -0.4 is 21.9 Å². The van der Waals surface area contributed by atoms with E-state index >= 15 is 0 Å². The van der Waals surface area contributed by atoms with E-state index in [4.69, 9.17) is 5.84 Å². The van der Waals surface area contributed by atoms with E-state index < -0.39 is 6.04 Å². The number of amides is 1. The Labute approximate surface area is 113 Å². The van der Waals surface area contributed by atoms with Gasteiger partial charge in [0.1, 0.15) is 23.5 Å². The van der Waals surface area contributed by atoms with Gasteiger partial charge in [0.25, 0.3) is 0 Å². The Hall–Kier alpha value is -1.89. The van der Waals surface area contributed by atoms with Gasteiger partial charge in [-0.25, -0.2) is 15.8 Å². The summed E-state index contributed by atoms with van der Waals surface area (Å²) in [5, 5.41) is 5.92. The third kappa shape index (κ3) is 5.09. The Morgan fingerprint density at radius 2 is 1.89 bits per heavy atom. The number of carbonyl (C=O) groups is 1. The molecule has 1 atom stereocenters. The molecule has 0 fully saturated rings. The van der Waals surface area contributed by atoms with Crippen LogP contribution in [0.5, 0.6) is 0 Å². The van der Waals surface area contributed by atoms with E-state index in [9.17, 15) is 4.79 Å². The van der Waals surface area contributed by atoms with Gasteiger partial charge < -0.3 is 16.1 Å². The maximum Gasteiger partial charge on any atom is 0.242 e. The minimum absolute atomic E-state index is 0.0916. The number of carbonyl (C=O) groups excluding carboxylic acids is 1. The first-order chi connectivity index (χ1) is 8.71. The number of aryl methyl sites for hydroxylation is 1. The van der Waals surface area contributed by atoms with Crippen molar-refractivity contribution in [1.82, 2.24) is 15.3 Å². The van der Waals surface area contributed by atoms with E-state index in [0.29, 0.717) is 17.5 Å². The fourth-order valence-electron chi connectivity index (χ4n) is 1.48. The molecule has 106 valence electrons. The van der Waals surface area contributed by atoms with Gasteiger partial charge in [-0.3, -0.25) is 4.79 Å². The number of nitrogens with one attached hydrogen (secondary N) is 3. The molecule has 1 amide bonds. The molecule has 7 heteroatoms. The molecule has 0 saturated heterocycles. The van der Waals surface area contributed by atoms with Gasteiger partial charge in [-0.15, -0.1) is 0 Å². The van der Waals surface area contributed by atoms with Gasteiger partial charge in [-0.05, 0) is 34.6 Å². The zero-order chi connectivity index (χ0) is 14.6. The SMILES string of the molecule is Cc1nc(NN)cc(NC(C)C(=O)NC(C)(C)C)n1. The summed E-state index contributed by atoms with van der Waals surface area (Å²) in [6.07, 6.45) is 0. The van der Waals surface area contributed by atoms with Crippen LogP contribution in [0, 0.1) is 6.92 Å². The van der Waals surface area contributed by atoms with Gasteiger partial charge in [0.2, 0.25) is 5.91 Å². The predicted molar refractivity (Wildman–Crippen MR) is 75.6 cm³/mol. The Morgan fingerprint density at radius 3 is 2.42 bits per heavy atom. The number of nitrogens with two attached hydrogens (primary N) is 1. The summed E-state index contributed by atoms with van der Waals surface area (Å²) in [7, 11) is 0. The van der Waals surface area contributed by atoms with E-state index in [1.165, 1.54) is 0 Å². The first kappa shape index (κ1) is 15.2. The van der Waals surface area contributed by atoms with Crippen LogP contribution in [0.3, 0.4) is 0 Å². The van der Waals surface area contributed by atoms with E-state index in [2.05, 4.69) is 26.0 Å². The fourth-order valence-corrected chi connectivity index (χ4v) is 1.48. The molecular weight excluding hydrogens is 244 g/mol. The summed E-state index contributed by atoms with van der Waals surface area (Å²) in [4.78, 5) is 20.2. The molecule has 0 aliphatic rings. The number of anilines is 2. The number of hydrogen-bond donors (Lipinski definition) is 4. The second-order valence-electron chi connectivity index (χ2n) is 5.44. The van der Waals surface area contributed by atoms with Gasteiger partial charge in [0.05, 0.1) is 0 Å². The molecule has 0 radical (unpaired) electrons. The zero-order valence-electron chi connectivity index (χ0n) is 12.0. The molecule has 0 aliphatic heterocycles. The molecule has 0 aliphatic carbocycles. The van der Waals surface area contributed by atoms with Crippen molar-refractivity contribution in [3.8, 4) is 0 Å². The van der Waals surface area contributed by atoms with Gasteiger partial charge in [-0.1, -0.05) is 0 Å². The summed E-state index contributed by atoms with van der Waals surface area (Å²) in [6.45, 7) is 9.33. The van der Waals surface area contributed by atoms with Gasteiger partial charge in [0, 0.05) is 11.6 Å². The number of hydrogen-bond acceptors (Lipinski definition) is 6. The molecule has 1 heterocycles. The maximum absolute atomic E-state index is 11.9. The average Bonchev–Trinajstić information content (AvgIpc) is 2.25. The predicted octanol–water partition coefficient (Wildman–Crippen LogP) is 0.786. The van der Waals surface area contributed by atoms with Crippen LogP contribution in [-0.2, 0) is 4.79 Å². The molecule has 1 aromatic heterocycles. The first-order valence-corrected chi connectivity index (χ1v) is 6.12. The minimum atomic E-state index is -0.404. The highest BCUT2D eigenvalue weighted by Gasteiger charge is 2.19. The van der Waals surface area contributed by atoms with Crippen molar-refractivity contribution in [3.63, 3.8) is 0 Å². The van der Waals surface area contributed by atoms with Crippen molar-refractivity contribution in [2.75, 3.05) is 10.7 Å². The average molecular weight is 266 g/mol. The second-order valence-corrected chi connectivity index (χ2v) is 5.44. The minimum Gasteiger partial charge on any atom is -0.358 e. The van der Waals surface area contributed by atoms with Crippen LogP contribution >= 0.6 is 0 Å². The lowest BCUT2D eigenvalue weighted by molar-refractivity contribution is -0.122.